The number of hydrogen-bond donors (Lipinski definition) is 0. The molecule has 1 aliphatic carbocycles. The number of alkyl halides is 1. The molecule has 1 nitrogen and oxygen atoms in total. The largest absolute Gasteiger partial charge is 0.491 e. The van der Waals surface area contributed by atoms with Crippen molar-refractivity contribution in [3.05, 3.63) is 24.0 Å². The molecular formula is C20H32F2OSi. The van der Waals surface area contributed by atoms with Gasteiger partial charge in [-0.05, 0) is 23.1 Å². The van der Waals surface area contributed by atoms with Crippen molar-refractivity contribution in [2.75, 3.05) is 13.3 Å². The van der Waals surface area contributed by atoms with Crippen LogP contribution in [0.5, 0.6) is 5.75 Å². The van der Waals surface area contributed by atoms with Crippen molar-refractivity contribution in [2.24, 2.45) is 11.8 Å². The van der Waals surface area contributed by atoms with E-state index >= 15 is 0 Å². The van der Waals surface area contributed by atoms with Gasteiger partial charge in [-0.2, -0.15) is 0 Å². The molecule has 1 aromatic carbocycles. The van der Waals surface area contributed by atoms with Gasteiger partial charge < -0.3 is 4.74 Å². The Morgan fingerprint density at radius 3 is 2.54 bits per heavy atom. The van der Waals surface area contributed by atoms with E-state index in [0.717, 1.165) is 17.0 Å². The van der Waals surface area contributed by atoms with Crippen molar-refractivity contribution in [3.63, 3.8) is 0 Å². The number of halogens is 2. The van der Waals surface area contributed by atoms with Crippen LogP contribution in [0.15, 0.2) is 18.2 Å². The average Bonchev–Trinajstić information content (AvgIpc) is 2.60. The quantitative estimate of drug-likeness (QED) is 0.434. The van der Waals surface area contributed by atoms with Crippen molar-refractivity contribution in [1.82, 2.24) is 0 Å². The number of benzene rings is 1. The van der Waals surface area contributed by atoms with Crippen LogP contribution in [0.1, 0.15) is 58.3 Å². The summed E-state index contributed by atoms with van der Waals surface area (Å²) in [6.45, 7) is 1.72. The van der Waals surface area contributed by atoms with E-state index in [1.54, 1.807) is 6.07 Å². The summed E-state index contributed by atoms with van der Waals surface area (Å²) in [4.78, 5) is 0. The van der Waals surface area contributed by atoms with Crippen molar-refractivity contribution >= 4 is 14.7 Å². The average molecular weight is 355 g/mol. The van der Waals surface area contributed by atoms with Gasteiger partial charge in [-0.25, -0.2) is 8.78 Å². The lowest BCUT2D eigenvalue weighted by molar-refractivity contribution is 0.271. The summed E-state index contributed by atoms with van der Waals surface area (Å²) in [7, 11) is -0.562. The summed E-state index contributed by atoms with van der Waals surface area (Å²) < 4.78 is 31.4. The van der Waals surface area contributed by atoms with Crippen molar-refractivity contribution < 1.29 is 13.5 Å². The van der Waals surface area contributed by atoms with E-state index in [0.29, 0.717) is 5.75 Å². The minimum atomic E-state index is -0.562. The Labute approximate surface area is 148 Å². The predicted octanol–water partition coefficient (Wildman–Crippen LogP) is 4.77. The maximum atomic E-state index is 14.1. The van der Waals surface area contributed by atoms with Crippen LogP contribution >= 0.6 is 0 Å². The Morgan fingerprint density at radius 1 is 1.12 bits per heavy atom. The van der Waals surface area contributed by atoms with Gasteiger partial charge >= 0.3 is 0 Å². The molecule has 0 heterocycles. The Balaban J connectivity index is 1.70. The van der Waals surface area contributed by atoms with Gasteiger partial charge in [-0.15, -0.1) is 0 Å². The van der Waals surface area contributed by atoms with Crippen LogP contribution in [0.25, 0.3) is 0 Å². The van der Waals surface area contributed by atoms with Crippen molar-refractivity contribution in [1.29, 1.82) is 0 Å². The van der Waals surface area contributed by atoms with Gasteiger partial charge in [-0.3, -0.25) is 0 Å². The van der Waals surface area contributed by atoms with E-state index in [1.165, 1.54) is 63.5 Å². The highest BCUT2D eigenvalue weighted by Gasteiger charge is 2.21. The van der Waals surface area contributed by atoms with Crippen LogP contribution in [-0.4, -0.2) is 22.8 Å². The molecular weight excluding hydrogens is 322 g/mol. The smallest absolute Gasteiger partial charge is 0.125 e. The third kappa shape index (κ3) is 6.54. The van der Waals surface area contributed by atoms with Crippen molar-refractivity contribution in [3.8, 4) is 5.75 Å². The first kappa shape index (κ1) is 19.4. The summed E-state index contributed by atoms with van der Waals surface area (Å²) in [5.41, 5.74) is 0. The molecule has 0 bridgehead atoms. The van der Waals surface area contributed by atoms with E-state index in [4.69, 9.17) is 4.74 Å². The first-order valence-corrected chi connectivity index (χ1v) is 11.4. The molecule has 4 heteroatoms. The van der Waals surface area contributed by atoms with Gasteiger partial charge in [0.2, 0.25) is 0 Å². The molecule has 0 aromatic heterocycles. The second-order valence-corrected chi connectivity index (χ2v) is 9.05. The predicted molar refractivity (Wildman–Crippen MR) is 100 cm³/mol. The van der Waals surface area contributed by atoms with Crippen LogP contribution in [0.4, 0.5) is 8.78 Å². The number of hydrogen-bond acceptors (Lipinski definition) is 1. The zero-order valence-corrected chi connectivity index (χ0v) is 16.5. The van der Waals surface area contributed by atoms with Crippen LogP contribution in [0.3, 0.4) is 0 Å². The molecule has 0 radical (unpaired) electrons. The summed E-state index contributed by atoms with van der Waals surface area (Å²) in [5.74, 6) is 2.03. The molecule has 136 valence electrons. The molecule has 1 aromatic rings. The fourth-order valence-electron chi connectivity index (χ4n) is 3.83. The van der Waals surface area contributed by atoms with Gasteiger partial charge in [0, 0.05) is 6.07 Å². The fourth-order valence-corrected chi connectivity index (χ4v) is 5.75. The van der Waals surface area contributed by atoms with Crippen LogP contribution in [0, 0.1) is 17.7 Å². The number of rotatable bonds is 10. The molecule has 2 rings (SSSR count). The maximum Gasteiger partial charge on any atom is 0.125 e. The summed E-state index contributed by atoms with van der Waals surface area (Å²) in [6.07, 6.45) is 10.9. The molecule has 0 saturated heterocycles. The highest BCUT2D eigenvalue weighted by molar-refractivity contribution is 6.53. The zero-order valence-electron chi connectivity index (χ0n) is 15.0. The van der Waals surface area contributed by atoms with E-state index < -0.39 is 16.2 Å². The lowest BCUT2D eigenvalue weighted by Gasteiger charge is -2.28. The minimum Gasteiger partial charge on any atom is -0.491 e. The van der Waals surface area contributed by atoms with E-state index in [-0.39, 0.29) is 12.4 Å². The normalized spacial score (nSPS) is 21.5. The summed E-state index contributed by atoms with van der Waals surface area (Å²) in [6, 6.07) is 6.27. The lowest BCUT2D eigenvalue weighted by atomic mass is 9.80. The van der Waals surface area contributed by atoms with Crippen LogP contribution in [0.2, 0.25) is 6.04 Å². The first-order valence-electron chi connectivity index (χ1n) is 9.70. The Kier molecular flexibility index (Phi) is 8.79. The van der Waals surface area contributed by atoms with E-state index in [9.17, 15) is 8.78 Å². The van der Waals surface area contributed by atoms with Gasteiger partial charge in [-0.1, -0.05) is 70.4 Å². The SMILES string of the molecule is CCCCCC1CCC(C[SiH2]c2ccc(OCCF)cc2F)CC1. The first-order chi connectivity index (χ1) is 11.7. The standard InChI is InChI=1S/C20H32F2OSi/c1-2-3-4-5-16-6-8-17(9-7-16)15-24-20-11-10-18(14-19(20)22)23-13-12-21/h10-11,14,16-17H,2-9,12-13,15,24H2,1H3. The highest BCUT2D eigenvalue weighted by Crippen LogP contribution is 2.33. The Hall–Kier alpha value is -0.903. The topological polar surface area (TPSA) is 9.23 Å². The molecule has 0 atom stereocenters. The molecule has 1 aliphatic rings. The van der Waals surface area contributed by atoms with Gasteiger partial charge in [0.05, 0.1) is 9.52 Å². The molecule has 24 heavy (non-hydrogen) atoms. The van der Waals surface area contributed by atoms with Crippen LogP contribution in [-0.2, 0) is 0 Å². The second-order valence-electron chi connectivity index (χ2n) is 7.21. The zero-order chi connectivity index (χ0) is 17.2. The van der Waals surface area contributed by atoms with Gasteiger partial charge in [0.15, 0.2) is 0 Å². The monoisotopic (exact) mass is 354 g/mol. The molecule has 1 saturated carbocycles. The van der Waals surface area contributed by atoms with E-state index in [2.05, 4.69) is 6.92 Å². The maximum absolute atomic E-state index is 14.1. The Bertz CT molecular complexity index is 473. The number of ether oxygens (including phenoxy) is 1. The lowest BCUT2D eigenvalue weighted by Crippen LogP contribution is -2.23. The second kappa shape index (κ2) is 10.9. The molecule has 0 N–H and O–H groups in total. The molecule has 0 amide bonds. The number of unbranched alkanes of at least 4 members (excludes halogenated alkanes) is 2. The van der Waals surface area contributed by atoms with E-state index in [1.807, 2.05) is 6.07 Å². The van der Waals surface area contributed by atoms with Gasteiger partial charge in [0.1, 0.15) is 24.8 Å². The summed E-state index contributed by atoms with van der Waals surface area (Å²) >= 11 is 0. The minimum absolute atomic E-state index is 0.00227. The third-order valence-electron chi connectivity index (χ3n) is 5.37. The van der Waals surface area contributed by atoms with Crippen molar-refractivity contribution in [2.45, 2.75) is 64.3 Å². The summed E-state index contributed by atoms with van der Waals surface area (Å²) in [5, 5.41) is 0.896. The van der Waals surface area contributed by atoms with Gasteiger partial charge in [0.25, 0.3) is 0 Å². The van der Waals surface area contributed by atoms with Crippen LogP contribution < -0.4 is 9.92 Å². The molecule has 1 fully saturated rings. The Morgan fingerprint density at radius 2 is 1.88 bits per heavy atom. The highest BCUT2D eigenvalue weighted by atomic mass is 28.2. The molecule has 0 unspecified atom stereocenters. The molecule has 0 spiro atoms. The third-order valence-corrected chi connectivity index (χ3v) is 7.59. The molecule has 0 aliphatic heterocycles. The fraction of sp³-hybridized carbons (Fsp3) is 0.700.